The maximum absolute atomic E-state index is 15.2. The van der Waals surface area contributed by atoms with Crippen LogP contribution in [-0.4, -0.2) is 51.7 Å². The van der Waals surface area contributed by atoms with E-state index in [2.05, 4.69) is 21.5 Å². The smallest absolute Gasteiger partial charge is 0.261 e. The first-order valence-electron chi connectivity index (χ1n) is 14.0. The normalized spacial score (nSPS) is 16.0. The summed E-state index contributed by atoms with van der Waals surface area (Å²) in [5, 5.41) is 0.840. The molecule has 0 radical (unpaired) electrons. The minimum Gasteiger partial charge on any atom is -0.493 e. The van der Waals surface area contributed by atoms with Crippen molar-refractivity contribution in [1.29, 1.82) is 0 Å². The van der Waals surface area contributed by atoms with Gasteiger partial charge in [-0.25, -0.2) is 12.8 Å². The molecule has 1 aliphatic heterocycles. The molecule has 9 heteroatoms. The third kappa shape index (κ3) is 7.15. The first-order chi connectivity index (χ1) is 19.8. The van der Waals surface area contributed by atoms with Crippen LogP contribution in [0.5, 0.6) is 11.5 Å². The number of nitrogens with zero attached hydrogens (tertiary/aromatic N) is 2. The number of piperidine rings is 1. The van der Waals surface area contributed by atoms with Crippen LogP contribution >= 0.6 is 0 Å². The Balaban J connectivity index is 1.28. The zero-order chi connectivity index (χ0) is 28.8. The number of rotatable bonds is 11. The summed E-state index contributed by atoms with van der Waals surface area (Å²) in [4.78, 5) is 7.14. The second-order valence-corrected chi connectivity index (χ2v) is 12.3. The summed E-state index contributed by atoms with van der Waals surface area (Å²) < 4.78 is 54.6. The molecule has 0 amide bonds. The fourth-order valence-electron chi connectivity index (χ4n) is 5.37. The number of hydrogen-bond donors (Lipinski definition) is 1. The Morgan fingerprint density at radius 2 is 1.88 bits per heavy atom. The maximum Gasteiger partial charge on any atom is 0.261 e. The standard InChI is InChI=1S/C32H36FN3O4S/c1-23-8-6-15-36(22-23)16-7-17-40-32-21-30-28(20-31(32)39-2)24(13-14-34-30)18-25-11-12-26(19-29(25)33)35-41(37,38)27-9-4-3-5-10-27/h3-5,9-14,19-21,23,35H,6-8,15-18,22H2,1-2H3. The largest absolute Gasteiger partial charge is 0.493 e. The van der Waals surface area contributed by atoms with Gasteiger partial charge in [0.15, 0.2) is 11.5 Å². The van der Waals surface area contributed by atoms with Gasteiger partial charge in [-0.1, -0.05) is 31.2 Å². The number of methoxy groups -OCH3 is 1. The average Bonchev–Trinajstić information content (AvgIpc) is 2.97. The Morgan fingerprint density at radius 3 is 2.63 bits per heavy atom. The van der Waals surface area contributed by atoms with Gasteiger partial charge in [0.05, 0.1) is 29.8 Å². The van der Waals surface area contributed by atoms with E-state index in [-0.39, 0.29) is 10.6 Å². The molecule has 0 aliphatic carbocycles. The quantitative estimate of drug-likeness (QED) is 0.212. The number of fused-ring (bicyclic) bond motifs is 1. The Morgan fingerprint density at radius 1 is 1.05 bits per heavy atom. The first-order valence-corrected chi connectivity index (χ1v) is 15.5. The van der Waals surface area contributed by atoms with Gasteiger partial charge in [0.25, 0.3) is 10.0 Å². The van der Waals surface area contributed by atoms with E-state index < -0.39 is 15.8 Å². The minimum absolute atomic E-state index is 0.113. The van der Waals surface area contributed by atoms with Gasteiger partial charge >= 0.3 is 0 Å². The van der Waals surface area contributed by atoms with Crippen LogP contribution in [-0.2, 0) is 16.4 Å². The Bertz CT molecular complexity index is 1600. The van der Waals surface area contributed by atoms with Crippen molar-refractivity contribution < 1.29 is 22.3 Å². The predicted molar refractivity (Wildman–Crippen MR) is 160 cm³/mol. The van der Waals surface area contributed by atoms with Crippen molar-refractivity contribution in [1.82, 2.24) is 9.88 Å². The molecule has 1 aliphatic rings. The van der Waals surface area contributed by atoms with E-state index in [1.165, 1.54) is 31.0 Å². The van der Waals surface area contributed by atoms with Gasteiger partial charge in [-0.3, -0.25) is 9.71 Å². The lowest BCUT2D eigenvalue weighted by atomic mass is 10.00. The van der Waals surface area contributed by atoms with Crippen molar-refractivity contribution in [2.45, 2.75) is 37.5 Å². The summed E-state index contributed by atoms with van der Waals surface area (Å²) in [6.07, 6.45) is 5.50. The molecule has 1 fully saturated rings. The molecule has 1 atom stereocenters. The van der Waals surface area contributed by atoms with E-state index in [1.807, 2.05) is 18.2 Å². The van der Waals surface area contributed by atoms with Crippen molar-refractivity contribution in [2.24, 2.45) is 5.92 Å². The van der Waals surface area contributed by atoms with Crippen LogP contribution in [0.2, 0.25) is 0 Å². The summed E-state index contributed by atoms with van der Waals surface area (Å²) in [6, 6.07) is 18.0. The van der Waals surface area contributed by atoms with E-state index in [0.29, 0.717) is 30.1 Å². The van der Waals surface area contributed by atoms with E-state index in [9.17, 15) is 8.42 Å². The number of nitrogens with one attached hydrogen (secondary N) is 1. The lowest BCUT2D eigenvalue weighted by Gasteiger charge is -2.30. The van der Waals surface area contributed by atoms with Gasteiger partial charge in [-0.05, 0) is 79.3 Å². The van der Waals surface area contributed by atoms with Gasteiger partial charge in [0.1, 0.15) is 5.82 Å². The lowest BCUT2D eigenvalue weighted by Crippen LogP contribution is -2.35. The average molecular weight is 578 g/mol. The first kappa shape index (κ1) is 28.8. The van der Waals surface area contributed by atoms with Crippen LogP contribution < -0.4 is 14.2 Å². The van der Waals surface area contributed by atoms with Gasteiger partial charge in [0, 0.05) is 37.2 Å². The van der Waals surface area contributed by atoms with E-state index in [4.69, 9.17) is 9.47 Å². The summed E-state index contributed by atoms with van der Waals surface area (Å²) in [6.45, 7) is 6.21. The molecule has 1 unspecified atom stereocenters. The van der Waals surface area contributed by atoms with Crippen molar-refractivity contribution in [3.05, 3.63) is 89.9 Å². The maximum atomic E-state index is 15.2. The minimum atomic E-state index is -3.81. The van der Waals surface area contributed by atoms with E-state index in [0.717, 1.165) is 48.4 Å². The van der Waals surface area contributed by atoms with Crippen molar-refractivity contribution in [3.8, 4) is 11.5 Å². The van der Waals surface area contributed by atoms with Gasteiger partial charge in [0.2, 0.25) is 0 Å². The second-order valence-electron chi connectivity index (χ2n) is 10.6. The second kappa shape index (κ2) is 12.9. The monoisotopic (exact) mass is 577 g/mol. The Labute approximate surface area is 241 Å². The molecule has 1 aromatic heterocycles. The summed E-state index contributed by atoms with van der Waals surface area (Å²) in [5.41, 5.74) is 2.20. The molecule has 1 N–H and O–H groups in total. The highest BCUT2D eigenvalue weighted by molar-refractivity contribution is 7.92. The molecule has 0 spiro atoms. The highest BCUT2D eigenvalue weighted by Crippen LogP contribution is 2.34. The predicted octanol–water partition coefficient (Wildman–Crippen LogP) is 6.27. The van der Waals surface area contributed by atoms with Crippen LogP contribution in [0.4, 0.5) is 10.1 Å². The zero-order valence-electron chi connectivity index (χ0n) is 23.5. The number of aromatic nitrogens is 1. The van der Waals surface area contributed by atoms with Crippen LogP contribution in [0.25, 0.3) is 10.9 Å². The molecule has 0 bridgehead atoms. The van der Waals surface area contributed by atoms with Crippen molar-refractivity contribution in [3.63, 3.8) is 0 Å². The number of sulfonamides is 1. The number of pyridine rings is 1. The lowest BCUT2D eigenvalue weighted by molar-refractivity contribution is 0.169. The SMILES string of the molecule is COc1cc2c(Cc3ccc(NS(=O)(=O)c4ccccc4)cc3F)ccnc2cc1OCCCN1CCCC(C)C1. The molecule has 41 heavy (non-hydrogen) atoms. The molecule has 5 rings (SSSR count). The molecule has 7 nitrogen and oxygen atoms in total. The van der Waals surface area contributed by atoms with E-state index in [1.54, 1.807) is 43.6 Å². The van der Waals surface area contributed by atoms with E-state index >= 15 is 4.39 Å². The number of hydrogen-bond acceptors (Lipinski definition) is 6. The molecule has 2 heterocycles. The topological polar surface area (TPSA) is 80.8 Å². The number of ether oxygens (including phenoxy) is 2. The van der Waals surface area contributed by atoms with Gasteiger partial charge in [-0.2, -0.15) is 0 Å². The van der Waals surface area contributed by atoms with Crippen molar-refractivity contribution >= 4 is 26.6 Å². The molecule has 1 saturated heterocycles. The summed E-state index contributed by atoms with van der Waals surface area (Å²) in [7, 11) is -2.21. The molecule has 0 saturated carbocycles. The number of halogens is 1. The summed E-state index contributed by atoms with van der Waals surface area (Å²) >= 11 is 0. The third-order valence-electron chi connectivity index (χ3n) is 7.47. The fraction of sp³-hybridized carbons (Fsp3) is 0.344. The van der Waals surface area contributed by atoms with Crippen LogP contribution in [0.15, 0.2) is 77.8 Å². The van der Waals surface area contributed by atoms with Crippen LogP contribution in [0.3, 0.4) is 0 Å². The van der Waals surface area contributed by atoms with Crippen LogP contribution in [0.1, 0.15) is 37.3 Å². The van der Waals surface area contributed by atoms with Gasteiger partial charge in [-0.15, -0.1) is 0 Å². The summed E-state index contributed by atoms with van der Waals surface area (Å²) in [5.74, 6) is 1.49. The molecule has 3 aromatic carbocycles. The zero-order valence-corrected chi connectivity index (χ0v) is 24.3. The molecular weight excluding hydrogens is 541 g/mol. The molecular formula is C32H36FN3O4S. The fourth-order valence-corrected chi connectivity index (χ4v) is 6.44. The number of likely N-dealkylation sites (tertiary alicyclic amines) is 1. The van der Waals surface area contributed by atoms with Crippen LogP contribution in [0, 0.1) is 11.7 Å². The molecule has 216 valence electrons. The van der Waals surface area contributed by atoms with Gasteiger partial charge < -0.3 is 14.4 Å². The highest BCUT2D eigenvalue weighted by atomic mass is 32.2. The molecule has 4 aromatic rings. The van der Waals surface area contributed by atoms with Crippen molar-refractivity contribution in [2.75, 3.05) is 38.1 Å². The highest BCUT2D eigenvalue weighted by Gasteiger charge is 2.18. The third-order valence-corrected chi connectivity index (χ3v) is 8.87. The Hall–Kier alpha value is -3.69. The number of benzene rings is 3. The number of anilines is 1. The Kier molecular flexibility index (Phi) is 9.05.